The van der Waals surface area contributed by atoms with Gasteiger partial charge in [-0.2, -0.15) is 0 Å². The Balaban J connectivity index is 1.70. The van der Waals surface area contributed by atoms with Gasteiger partial charge in [-0.1, -0.05) is 53.8 Å². The topological polar surface area (TPSA) is 42.4 Å². The molecule has 1 amide bonds. The summed E-state index contributed by atoms with van der Waals surface area (Å²) < 4.78 is 6.56. The van der Waals surface area contributed by atoms with Crippen LogP contribution in [0.15, 0.2) is 48.5 Å². The fourth-order valence-corrected chi connectivity index (χ4v) is 4.41. The van der Waals surface area contributed by atoms with E-state index in [-0.39, 0.29) is 11.8 Å². The SMILES string of the molecule is Cc1cccc2sc(N(Cc3ccccc3)C(=O)C3CCOCC3)nc12. The van der Waals surface area contributed by atoms with E-state index >= 15 is 0 Å². The fraction of sp³-hybridized carbons (Fsp3) is 0.333. The quantitative estimate of drug-likeness (QED) is 0.679. The number of para-hydroxylation sites is 1. The van der Waals surface area contributed by atoms with E-state index in [2.05, 4.69) is 31.2 Å². The molecule has 5 heteroatoms. The lowest BCUT2D eigenvalue weighted by Gasteiger charge is -2.27. The highest BCUT2D eigenvalue weighted by Gasteiger charge is 2.29. The normalized spacial score (nSPS) is 15.3. The second-order valence-corrected chi connectivity index (χ2v) is 7.72. The molecule has 1 aliphatic heterocycles. The van der Waals surface area contributed by atoms with Gasteiger partial charge in [0.2, 0.25) is 5.91 Å². The van der Waals surface area contributed by atoms with E-state index in [0.29, 0.717) is 19.8 Å². The Morgan fingerprint density at radius 1 is 1.15 bits per heavy atom. The second-order valence-electron chi connectivity index (χ2n) is 6.71. The molecule has 0 aliphatic carbocycles. The first-order chi connectivity index (χ1) is 12.7. The van der Waals surface area contributed by atoms with Crippen molar-refractivity contribution < 1.29 is 9.53 Å². The molecule has 1 saturated heterocycles. The molecule has 4 nitrogen and oxygen atoms in total. The Hall–Kier alpha value is -2.24. The maximum Gasteiger partial charge on any atom is 0.232 e. The van der Waals surface area contributed by atoms with E-state index in [9.17, 15) is 4.79 Å². The molecule has 134 valence electrons. The Labute approximate surface area is 157 Å². The smallest absolute Gasteiger partial charge is 0.232 e. The molecule has 0 bridgehead atoms. The van der Waals surface area contributed by atoms with Crippen molar-refractivity contribution in [3.8, 4) is 0 Å². The molecule has 3 aromatic rings. The number of hydrogen-bond donors (Lipinski definition) is 0. The number of carbonyl (C=O) groups excluding carboxylic acids is 1. The third-order valence-electron chi connectivity index (χ3n) is 4.86. The summed E-state index contributed by atoms with van der Waals surface area (Å²) in [7, 11) is 0. The average molecular weight is 366 g/mol. The molecule has 0 unspecified atom stereocenters. The van der Waals surface area contributed by atoms with Crippen LogP contribution >= 0.6 is 11.3 Å². The number of thiazole rings is 1. The summed E-state index contributed by atoms with van der Waals surface area (Å²) in [4.78, 5) is 20.0. The Morgan fingerprint density at radius 2 is 1.92 bits per heavy atom. The predicted octanol–water partition coefficient (Wildman–Crippen LogP) is 4.56. The van der Waals surface area contributed by atoms with Crippen molar-refractivity contribution >= 4 is 32.6 Å². The lowest BCUT2D eigenvalue weighted by Crippen LogP contribution is -2.38. The standard InChI is InChI=1S/C21H22N2O2S/c1-15-6-5-9-18-19(15)22-21(26-18)23(14-16-7-3-2-4-8-16)20(24)17-10-12-25-13-11-17/h2-9,17H,10-14H2,1H3. The second kappa shape index (κ2) is 7.56. The number of ether oxygens (including phenoxy) is 1. The molecule has 1 aromatic heterocycles. The molecule has 0 radical (unpaired) electrons. The van der Waals surface area contributed by atoms with Crippen molar-refractivity contribution in [1.82, 2.24) is 4.98 Å². The zero-order chi connectivity index (χ0) is 17.9. The first kappa shape index (κ1) is 17.2. The van der Waals surface area contributed by atoms with Gasteiger partial charge in [0.05, 0.1) is 16.8 Å². The van der Waals surface area contributed by atoms with Gasteiger partial charge in [0, 0.05) is 19.1 Å². The summed E-state index contributed by atoms with van der Waals surface area (Å²) >= 11 is 1.59. The zero-order valence-electron chi connectivity index (χ0n) is 14.9. The average Bonchev–Trinajstić information content (AvgIpc) is 3.12. The largest absolute Gasteiger partial charge is 0.381 e. The van der Waals surface area contributed by atoms with Crippen molar-refractivity contribution in [2.45, 2.75) is 26.3 Å². The van der Waals surface area contributed by atoms with Crippen LogP contribution in [0, 0.1) is 12.8 Å². The molecule has 1 aliphatic rings. The summed E-state index contributed by atoms with van der Waals surface area (Å²) in [6.07, 6.45) is 1.57. The molecule has 0 N–H and O–H groups in total. The van der Waals surface area contributed by atoms with Gasteiger partial charge in [-0.05, 0) is 37.0 Å². The number of anilines is 1. The highest BCUT2D eigenvalue weighted by atomic mass is 32.1. The molecule has 26 heavy (non-hydrogen) atoms. The van der Waals surface area contributed by atoms with Crippen LogP contribution in [-0.4, -0.2) is 24.1 Å². The predicted molar refractivity (Wildman–Crippen MR) is 106 cm³/mol. The summed E-state index contributed by atoms with van der Waals surface area (Å²) in [5, 5.41) is 0.787. The molecule has 0 spiro atoms. The van der Waals surface area contributed by atoms with Crippen LogP contribution in [0.5, 0.6) is 0 Å². The Morgan fingerprint density at radius 3 is 2.65 bits per heavy atom. The third kappa shape index (κ3) is 3.50. The van der Waals surface area contributed by atoms with Crippen LogP contribution in [0.2, 0.25) is 0 Å². The minimum absolute atomic E-state index is 0.0144. The molecule has 0 saturated carbocycles. The number of amides is 1. The summed E-state index contributed by atoms with van der Waals surface area (Å²) in [5.41, 5.74) is 3.25. The maximum absolute atomic E-state index is 13.3. The fourth-order valence-electron chi connectivity index (χ4n) is 3.36. The van der Waals surface area contributed by atoms with Crippen LogP contribution in [0.3, 0.4) is 0 Å². The third-order valence-corrected chi connectivity index (χ3v) is 5.90. The number of nitrogens with zero attached hydrogens (tertiary/aromatic N) is 2. The van der Waals surface area contributed by atoms with E-state index in [1.54, 1.807) is 11.3 Å². The summed E-state index contributed by atoms with van der Waals surface area (Å²) in [6, 6.07) is 16.3. The van der Waals surface area contributed by atoms with E-state index < -0.39 is 0 Å². The Kier molecular flexibility index (Phi) is 5.00. The highest BCUT2D eigenvalue weighted by molar-refractivity contribution is 7.22. The van der Waals surface area contributed by atoms with E-state index in [1.165, 1.54) is 0 Å². The van der Waals surface area contributed by atoms with Crippen LogP contribution in [0.4, 0.5) is 5.13 Å². The Bertz CT molecular complexity index is 901. The first-order valence-corrected chi connectivity index (χ1v) is 9.83. The van der Waals surface area contributed by atoms with Crippen LogP contribution in [0.1, 0.15) is 24.0 Å². The zero-order valence-corrected chi connectivity index (χ0v) is 15.7. The maximum atomic E-state index is 13.3. The van der Waals surface area contributed by atoms with Crippen molar-refractivity contribution in [2.24, 2.45) is 5.92 Å². The van der Waals surface area contributed by atoms with Crippen LogP contribution in [-0.2, 0) is 16.1 Å². The van der Waals surface area contributed by atoms with Gasteiger partial charge in [0.25, 0.3) is 0 Å². The molecule has 4 rings (SSSR count). The molecule has 2 heterocycles. The molecular weight excluding hydrogens is 344 g/mol. The lowest BCUT2D eigenvalue weighted by atomic mass is 9.98. The number of rotatable bonds is 4. The van der Waals surface area contributed by atoms with E-state index in [4.69, 9.17) is 9.72 Å². The molecule has 0 atom stereocenters. The van der Waals surface area contributed by atoms with Gasteiger partial charge in [-0.25, -0.2) is 4.98 Å². The van der Waals surface area contributed by atoms with Gasteiger partial charge in [-0.15, -0.1) is 0 Å². The molecular formula is C21H22N2O2S. The van der Waals surface area contributed by atoms with Gasteiger partial charge in [0.15, 0.2) is 5.13 Å². The summed E-state index contributed by atoms with van der Waals surface area (Å²) in [6.45, 7) is 3.94. The van der Waals surface area contributed by atoms with Crippen molar-refractivity contribution in [3.05, 3.63) is 59.7 Å². The van der Waals surface area contributed by atoms with E-state index in [1.807, 2.05) is 29.2 Å². The number of aryl methyl sites for hydroxylation is 1. The number of benzene rings is 2. The monoisotopic (exact) mass is 366 g/mol. The van der Waals surface area contributed by atoms with Crippen molar-refractivity contribution in [1.29, 1.82) is 0 Å². The summed E-state index contributed by atoms with van der Waals surface area (Å²) in [5.74, 6) is 0.175. The van der Waals surface area contributed by atoms with Gasteiger partial charge in [-0.3, -0.25) is 9.69 Å². The first-order valence-electron chi connectivity index (χ1n) is 9.01. The minimum Gasteiger partial charge on any atom is -0.381 e. The van der Waals surface area contributed by atoms with Crippen LogP contribution in [0.25, 0.3) is 10.2 Å². The van der Waals surface area contributed by atoms with Gasteiger partial charge < -0.3 is 4.74 Å². The molecule has 2 aromatic carbocycles. The number of hydrogen-bond acceptors (Lipinski definition) is 4. The number of fused-ring (bicyclic) bond motifs is 1. The van der Waals surface area contributed by atoms with Gasteiger partial charge in [0.1, 0.15) is 0 Å². The van der Waals surface area contributed by atoms with Crippen molar-refractivity contribution in [2.75, 3.05) is 18.1 Å². The van der Waals surface area contributed by atoms with E-state index in [0.717, 1.165) is 39.3 Å². The highest BCUT2D eigenvalue weighted by Crippen LogP contribution is 2.33. The number of carbonyl (C=O) groups is 1. The van der Waals surface area contributed by atoms with Crippen molar-refractivity contribution in [3.63, 3.8) is 0 Å². The molecule has 1 fully saturated rings. The van der Waals surface area contributed by atoms with Crippen LogP contribution < -0.4 is 4.90 Å². The lowest BCUT2D eigenvalue weighted by molar-refractivity contribution is -0.125. The van der Waals surface area contributed by atoms with Gasteiger partial charge >= 0.3 is 0 Å². The number of aromatic nitrogens is 1. The minimum atomic E-state index is 0.0144.